The molecule has 1 atom stereocenters. The van der Waals surface area contributed by atoms with Crippen LogP contribution in [0.25, 0.3) is 21.9 Å². The van der Waals surface area contributed by atoms with Gasteiger partial charge in [0.2, 0.25) is 0 Å². The molecule has 0 unspecified atom stereocenters. The molecule has 22 heavy (non-hydrogen) atoms. The Hall–Kier alpha value is -2.14. The molecule has 1 fully saturated rings. The van der Waals surface area contributed by atoms with Crippen molar-refractivity contribution in [2.75, 3.05) is 5.73 Å². The number of nitrogens with zero attached hydrogens (tertiary/aromatic N) is 3. The quantitative estimate of drug-likeness (QED) is 0.762. The van der Waals surface area contributed by atoms with Gasteiger partial charge in [-0.1, -0.05) is 31.0 Å². The maximum atomic E-state index is 10.9. The molecule has 0 saturated heterocycles. The fraction of sp³-hybridized carbons (Fsp3) is 0.412. The highest BCUT2D eigenvalue weighted by atomic mass is 16.3. The van der Waals surface area contributed by atoms with Gasteiger partial charge in [-0.25, -0.2) is 9.97 Å². The van der Waals surface area contributed by atoms with Crippen LogP contribution in [0.2, 0.25) is 0 Å². The molecule has 5 nitrogen and oxygen atoms in total. The Balaban J connectivity index is 1.99. The van der Waals surface area contributed by atoms with E-state index < -0.39 is 5.60 Å². The number of rotatable bonds is 2. The third kappa shape index (κ3) is 1.82. The third-order valence-electron chi connectivity index (χ3n) is 5.10. The number of hydrogen-bond donors (Lipinski definition) is 2. The zero-order chi connectivity index (χ0) is 15.3. The predicted octanol–water partition coefficient (Wildman–Crippen LogP) is 3.03. The highest BCUT2D eigenvalue weighted by Crippen LogP contribution is 2.40. The Morgan fingerprint density at radius 2 is 2.00 bits per heavy atom. The van der Waals surface area contributed by atoms with E-state index in [2.05, 4.69) is 21.5 Å². The SMILES string of the molecule is C[C@H](n1cnc2c(N)nc3ccccc3c21)C1(O)CCCC1. The maximum Gasteiger partial charge on any atom is 0.152 e. The highest BCUT2D eigenvalue weighted by molar-refractivity contribution is 6.06. The zero-order valence-corrected chi connectivity index (χ0v) is 12.7. The Morgan fingerprint density at radius 3 is 2.77 bits per heavy atom. The minimum atomic E-state index is -0.660. The first kappa shape index (κ1) is 13.5. The van der Waals surface area contributed by atoms with Crippen LogP contribution in [0.3, 0.4) is 0 Å². The van der Waals surface area contributed by atoms with Crippen molar-refractivity contribution in [1.29, 1.82) is 0 Å². The molecule has 114 valence electrons. The maximum absolute atomic E-state index is 10.9. The molecule has 4 rings (SSSR count). The van der Waals surface area contributed by atoms with Crippen molar-refractivity contribution in [2.45, 2.75) is 44.2 Å². The average Bonchev–Trinajstić information content (AvgIpc) is 3.14. The average molecular weight is 296 g/mol. The van der Waals surface area contributed by atoms with Crippen molar-refractivity contribution in [3.05, 3.63) is 30.6 Å². The van der Waals surface area contributed by atoms with E-state index in [4.69, 9.17) is 5.73 Å². The zero-order valence-electron chi connectivity index (χ0n) is 12.7. The normalized spacial score (nSPS) is 19.0. The van der Waals surface area contributed by atoms with E-state index in [1.54, 1.807) is 6.33 Å². The molecular formula is C17H20N4O. The second-order valence-corrected chi connectivity index (χ2v) is 6.35. The molecule has 3 aromatic rings. The third-order valence-corrected chi connectivity index (χ3v) is 5.10. The van der Waals surface area contributed by atoms with Crippen LogP contribution < -0.4 is 5.73 Å². The van der Waals surface area contributed by atoms with Crippen LogP contribution >= 0.6 is 0 Å². The van der Waals surface area contributed by atoms with E-state index in [1.807, 2.05) is 24.3 Å². The lowest BCUT2D eigenvalue weighted by molar-refractivity contribution is 0.00203. The van der Waals surface area contributed by atoms with Crippen LogP contribution in [-0.4, -0.2) is 25.2 Å². The van der Waals surface area contributed by atoms with Crippen LogP contribution in [0.15, 0.2) is 30.6 Å². The van der Waals surface area contributed by atoms with Crippen molar-refractivity contribution in [1.82, 2.24) is 14.5 Å². The monoisotopic (exact) mass is 296 g/mol. The number of pyridine rings is 1. The number of para-hydroxylation sites is 1. The molecule has 2 aromatic heterocycles. The second-order valence-electron chi connectivity index (χ2n) is 6.35. The van der Waals surface area contributed by atoms with Gasteiger partial charge in [-0.2, -0.15) is 0 Å². The smallest absolute Gasteiger partial charge is 0.152 e. The van der Waals surface area contributed by atoms with Gasteiger partial charge in [-0.15, -0.1) is 0 Å². The lowest BCUT2D eigenvalue weighted by Crippen LogP contribution is -2.34. The summed E-state index contributed by atoms with van der Waals surface area (Å²) in [5.74, 6) is 0.443. The standard InChI is InChI=1S/C17H20N4O/c1-11(17(22)8-4-5-9-17)21-10-19-14-15(21)12-6-2-3-7-13(12)20-16(14)18/h2-3,6-7,10-11,22H,4-5,8-9H2,1H3,(H2,18,20)/t11-/m0/s1. The molecule has 2 heterocycles. The minimum absolute atomic E-state index is 0.0368. The van der Waals surface area contributed by atoms with Gasteiger partial charge in [0.25, 0.3) is 0 Å². The molecule has 0 aliphatic heterocycles. The first-order valence-corrected chi connectivity index (χ1v) is 7.83. The van der Waals surface area contributed by atoms with Crippen molar-refractivity contribution in [2.24, 2.45) is 0 Å². The van der Waals surface area contributed by atoms with Gasteiger partial charge in [-0.05, 0) is 25.8 Å². The number of benzene rings is 1. The molecule has 1 aliphatic rings. The van der Waals surface area contributed by atoms with Crippen molar-refractivity contribution < 1.29 is 5.11 Å². The summed E-state index contributed by atoms with van der Waals surface area (Å²) in [5, 5.41) is 12.0. The predicted molar refractivity (Wildman–Crippen MR) is 87.6 cm³/mol. The molecule has 1 saturated carbocycles. The Kier molecular flexibility index (Phi) is 2.87. The molecule has 1 aromatic carbocycles. The summed E-state index contributed by atoms with van der Waals surface area (Å²) in [7, 11) is 0. The first-order chi connectivity index (χ1) is 10.6. The Bertz CT molecular complexity index is 848. The van der Waals surface area contributed by atoms with E-state index in [-0.39, 0.29) is 6.04 Å². The molecule has 5 heteroatoms. The minimum Gasteiger partial charge on any atom is -0.388 e. The van der Waals surface area contributed by atoms with Crippen LogP contribution in [0.4, 0.5) is 5.82 Å². The molecular weight excluding hydrogens is 276 g/mol. The van der Waals surface area contributed by atoms with E-state index >= 15 is 0 Å². The largest absolute Gasteiger partial charge is 0.388 e. The van der Waals surface area contributed by atoms with Crippen LogP contribution in [0.5, 0.6) is 0 Å². The van der Waals surface area contributed by atoms with Crippen molar-refractivity contribution in [3.63, 3.8) is 0 Å². The lowest BCUT2D eigenvalue weighted by Gasteiger charge is -2.31. The van der Waals surface area contributed by atoms with E-state index in [0.29, 0.717) is 11.3 Å². The van der Waals surface area contributed by atoms with Gasteiger partial charge in [0.05, 0.1) is 29.0 Å². The Morgan fingerprint density at radius 1 is 1.27 bits per heavy atom. The number of anilines is 1. The molecule has 0 amide bonds. The van der Waals surface area contributed by atoms with Gasteiger partial charge in [0.1, 0.15) is 5.52 Å². The second kappa shape index (κ2) is 4.68. The number of fused-ring (bicyclic) bond motifs is 3. The number of nitrogens with two attached hydrogens (primary N) is 1. The number of imidazole rings is 1. The first-order valence-electron chi connectivity index (χ1n) is 7.83. The van der Waals surface area contributed by atoms with E-state index in [1.165, 1.54) is 0 Å². The van der Waals surface area contributed by atoms with E-state index in [9.17, 15) is 5.11 Å². The summed E-state index contributed by atoms with van der Waals surface area (Å²) in [6.07, 6.45) is 5.63. The molecule has 0 bridgehead atoms. The highest BCUT2D eigenvalue weighted by Gasteiger charge is 2.38. The molecule has 3 N–H and O–H groups in total. The number of aliphatic hydroxyl groups is 1. The van der Waals surface area contributed by atoms with Crippen LogP contribution in [0.1, 0.15) is 38.6 Å². The van der Waals surface area contributed by atoms with Crippen LogP contribution in [-0.2, 0) is 0 Å². The van der Waals surface area contributed by atoms with Gasteiger partial charge >= 0.3 is 0 Å². The topological polar surface area (TPSA) is 77.0 Å². The summed E-state index contributed by atoms with van der Waals surface area (Å²) in [5.41, 5.74) is 7.96. The number of nitrogen functional groups attached to an aromatic ring is 1. The summed E-state index contributed by atoms with van der Waals surface area (Å²) in [6.45, 7) is 2.07. The Labute approximate surface area is 128 Å². The van der Waals surface area contributed by atoms with Gasteiger partial charge in [-0.3, -0.25) is 0 Å². The van der Waals surface area contributed by atoms with Crippen molar-refractivity contribution in [3.8, 4) is 0 Å². The fourth-order valence-corrected chi connectivity index (χ4v) is 3.73. The van der Waals surface area contributed by atoms with Gasteiger partial charge < -0.3 is 15.4 Å². The molecule has 0 radical (unpaired) electrons. The summed E-state index contributed by atoms with van der Waals surface area (Å²) >= 11 is 0. The fourth-order valence-electron chi connectivity index (χ4n) is 3.73. The van der Waals surface area contributed by atoms with Gasteiger partial charge in [0, 0.05) is 5.39 Å². The molecule has 1 aliphatic carbocycles. The summed E-state index contributed by atoms with van der Waals surface area (Å²) in [4.78, 5) is 8.89. The van der Waals surface area contributed by atoms with Crippen molar-refractivity contribution >= 4 is 27.8 Å². The molecule has 0 spiro atoms. The summed E-state index contributed by atoms with van der Waals surface area (Å²) < 4.78 is 2.07. The lowest BCUT2D eigenvalue weighted by atomic mass is 9.93. The van der Waals surface area contributed by atoms with E-state index in [0.717, 1.165) is 42.1 Å². The van der Waals surface area contributed by atoms with Crippen LogP contribution in [0, 0.1) is 0 Å². The number of hydrogen-bond acceptors (Lipinski definition) is 4. The van der Waals surface area contributed by atoms with Gasteiger partial charge in [0.15, 0.2) is 5.82 Å². The summed E-state index contributed by atoms with van der Waals surface area (Å²) in [6, 6.07) is 7.90. The number of aromatic nitrogens is 3.